The number of amides is 1. The van der Waals surface area contributed by atoms with Crippen molar-refractivity contribution in [3.8, 4) is 0 Å². The van der Waals surface area contributed by atoms with Gasteiger partial charge in [0.2, 0.25) is 0 Å². The lowest BCUT2D eigenvalue weighted by Gasteiger charge is -2.12. The van der Waals surface area contributed by atoms with E-state index in [0.717, 1.165) is 11.3 Å². The summed E-state index contributed by atoms with van der Waals surface area (Å²) in [6, 6.07) is 13.3. The Morgan fingerprint density at radius 1 is 1.03 bits per heavy atom. The minimum absolute atomic E-state index is 0.243. The van der Waals surface area contributed by atoms with Crippen LogP contribution in [0.3, 0.4) is 0 Å². The smallest absolute Gasteiger partial charge is 0.294 e. The maximum atomic E-state index is 12.7. The highest BCUT2D eigenvalue weighted by molar-refractivity contribution is 7.85. The first-order chi connectivity index (χ1) is 13.7. The molecule has 0 spiro atoms. The molecule has 1 amide bonds. The summed E-state index contributed by atoms with van der Waals surface area (Å²) in [6.45, 7) is 1.73. The van der Waals surface area contributed by atoms with Crippen LogP contribution in [0.5, 0.6) is 0 Å². The molecule has 0 aliphatic carbocycles. The highest BCUT2D eigenvalue weighted by atomic mass is 32.2. The van der Waals surface area contributed by atoms with Crippen molar-refractivity contribution < 1.29 is 17.8 Å². The van der Waals surface area contributed by atoms with Gasteiger partial charge in [-0.25, -0.2) is 0 Å². The SMILES string of the molecule is CC1=NN(c2ccc(S(=O)(=O)O)cc2)C(=O)C1=CC=Cc1ccc(N(C)C)cc1. The first-order valence-corrected chi connectivity index (χ1v) is 10.2. The molecule has 1 aliphatic rings. The fourth-order valence-electron chi connectivity index (χ4n) is 2.78. The standard InChI is InChI=1S/C21H21N3O4S/c1-15-20(6-4-5-16-7-9-17(10-8-16)23(2)3)21(25)24(22-15)18-11-13-19(14-12-18)29(26,27)28/h4-14H,1-3H3,(H,26,27,28). The van der Waals surface area contributed by atoms with Crippen molar-refractivity contribution >= 4 is 39.2 Å². The number of hydrogen-bond acceptors (Lipinski definition) is 5. The Morgan fingerprint density at radius 3 is 2.21 bits per heavy atom. The van der Waals surface area contributed by atoms with Crippen LogP contribution in [-0.4, -0.2) is 38.7 Å². The molecular weight excluding hydrogens is 390 g/mol. The Balaban J connectivity index is 1.77. The van der Waals surface area contributed by atoms with E-state index in [-0.39, 0.29) is 10.8 Å². The van der Waals surface area contributed by atoms with Crippen LogP contribution in [0.15, 0.2) is 76.3 Å². The maximum absolute atomic E-state index is 12.7. The van der Waals surface area contributed by atoms with Crippen LogP contribution in [0, 0.1) is 0 Å². The largest absolute Gasteiger partial charge is 0.378 e. The lowest BCUT2D eigenvalue weighted by atomic mass is 10.1. The Bertz CT molecular complexity index is 1110. The molecule has 0 aromatic heterocycles. The third-order valence-corrected chi connectivity index (χ3v) is 5.27. The molecule has 2 aromatic rings. The van der Waals surface area contributed by atoms with Crippen LogP contribution in [0.4, 0.5) is 11.4 Å². The van der Waals surface area contributed by atoms with Gasteiger partial charge in [0.05, 0.1) is 21.9 Å². The van der Waals surface area contributed by atoms with E-state index >= 15 is 0 Å². The summed E-state index contributed by atoms with van der Waals surface area (Å²) in [4.78, 5) is 14.5. The van der Waals surface area contributed by atoms with Crippen molar-refractivity contribution in [2.24, 2.45) is 5.10 Å². The van der Waals surface area contributed by atoms with Crippen LogP contribution in [0.2, 0.25) is 0 Å². The Morgan fingerprint density at radius 2 is 1.66 bits per heavy atom. The van der Waals surface area contributed by atoms with E-state index in [1.165, 1.54) is 29.3 Å². The second-order valence-electron chi connectivity index (χ2n) is 6.70. The normalized spacial score (nSPS) is 16.0. The number of rotatable bonds is 5. The van der Waals surface area contributed by atoms with E-state index < -0.39 is 10.1 Å². The molecule has 0 atom stereocenters. The summed E-state index contributed by atoms with van der Waals surface area (Å²) in [6.07, 6.45) is 5.39. The predicted molar refractivity (Wildman–Crippen MR) is 115 cm³/mol. The Hall–Kier alpha value is -3.23. The van der Waals surface area contributed by atoms with Crippen LogP contribution < -0.4 is 9.91 Å². The van der Waals surface area contributed by atoms with Gasteiger partial charge in [-0.2, -0.15) is 18.5 Å². The molecule has 0 saturated heterocycles. The highest BCUT2D eigenvalue weighted by Gasteiger charge is 2.28. The highest BCUT2D eigenvalue weighted by Crippen LogP contribution is 2.25. The molecule has 0 bridgehead atoms. The molecule has 1 N–H and O–H groups in total. The molecule has 7 nitrogen and oxygen atoms in total. The number of nitrogens with zero attached hydrogens (tertiary/aromatic N) is 3. The van der Waals surface area contributed by atoms with Crippen LogP contribution in [-0.2, 0) is 14.9 Å². The van der Waals surface area contributed by atoms with Crippen LogP contribution >= 0.6 is 0 Å². The van der Waals surface area contributed by atoms with Gasteiger partial charge >= 0.3 is 0 Å². The first kappa shape index (κ1) is 20.5. The third kappa shape index (κ3) is 4.61. The number of carbonyl (C=O) groups excluding carboxylic acids is 1. The van der Waals surface area contributed by atoms with Gasteiger partial charge in [-0.15, -0.1) is 0 Å². The Kier molecular flexibility index (Phi) is 5.67. The van der Waals surface area contributed by atoms with Gasteiger partial charge in [-0.1, -0.05) is 24.3 Å². The van der Waals surface area contributed by atoms with Gasteiger partial charge in [0.1, 0.15) is 0 Å². The van der Waals surface area contributed by atoms with E-state index in [4.69, 9.17) is 4.55 Å². The minimum atomic E-state index is -4.29. The van der Waals surface area contributed by atoms with Crippen LogP contribution in [0.25, 0.3) is 6.08 Å². The number of hydrogen-bond donors (Lipinski definition) is 1. The molecule has 150 valence electrons. The molecule has 0 fully saturated rings. The number of carbonyl (C=O) groups is 1. The average molecular weight is 411 g/mol. The number of anilines is 2. The summed E-state index contributed by atoms with van der Waals surface area (Å²) >= 11 is 0. The lowest BCUT2D eigenvalue weighted by molar-refractivity contribution is -0.114. The molecule has 0 radical (unpaired) electrons. The first-order valence-electron chi connectivity index (χ1n) is 8.80. The summed E-state index contributed by atoms with van der Waals surface area (Å²) in [5, 5.41) is 5.45. The van der Waals surface area contributed by atoms with E-state index in [1.54, 1.807) is 19.1 Å². The number of hydrazone groups is 1. The van der Waals surface area contributed by atoms with Gasteiger partial charge < -0.3 is 4.90 Å². The molecule has 0 unspecified atom stereocenters. The van der Waals surface area contributed by atoms with Crippen LogP contribution in [0.1, 0.15) is 12.5 Å². The summed E-state index contributed by atoms with van der Waals surface area (Å²) < 4.78 is 31.4. The zero-order valence-electron chi connectivity index (χ0n) is 16.3. The van der Waals surface area contributed by atoms with Gasteiger partial charge in [0.25, 0.3) is 16.0 Å². The lowest BCUT2D eigenvalue weighted by Crippen LogP contribution is -2.21. The maximum Gasteiger partial charge on any atom is 0.294 e. The number of allylic oxidation sites excluding steroid dienone is 2. The third-order valence-electron chi connectivity index (χ3n) is 4.40. The van der Waals surface area contributed by atoms with Crippen molar-refractivity contribution in [3.05, 3.63) is 71.8 Å². The monoisotopic (exact) mass is 411 g/mol. The molecule has 2 aromatic carbocycles. The van der Waals surface area contributed by atoms with Crippen molar-refractivity contribution in [3.63, 3.8) is 0 Å². The topological polar surface area (TPSA) is 90.3 Å². The zero-order chi connectivity index (χ0) is 21.2. The van der Waals surface area contributed by atoms with Gasteiger partial charge in [0.15, 0.2) is 0 Å². The number of benzene rings is 2. The average Bonchev–Trinajstić information content (AvgIpc) is 2.96. The molecule has 0 saturated carbocycles. The van der Waals surface area contributed by atoms with Crippen molar-refractivity contribution in [1.82, 2.24) is 0 Å². The van der Waals surface area contributed by atoms with E-state index in [1.807, 2.05) is 49.3 Å². The molecule has 3 rings (SSSR count). The molecule has 29 heavy (non-hydrogen) atoms. The van der Waals surface area contributed by atoms with E-state index in [0.29, 0.717) is 17.0 Å². The summed E-state index contributed by atoms with van der Waals surface area (Å²) in [7, 11) is -0.332. The van der Waals surface area contributed by atoms with E-state index in [2.05, 4.69) is 5.10 Å². The second-order valence-corrected chi connectivity index (χ2v) is 8.12. The molecule has 8 heteroatoms. The quantitative estimate of drug-likeness (QED) is 0.602. The molecule has 1 aliphatic heterocycles. The van der Waals surface area contributed by atoms with Gasteiger partial charge in [-0.05, 0) is 55.0 Å². The minimum Gasteiger partial charge on any atom is -0.378 e. The second kappa shape index (κ2) is 8.02. The Labute approximate surface area is 170 Å². The fourth-order valence-corrected chi connectivity index (χ4v) is 3.26. The van der Waals surface area contributed by atoms with Crippen molar-refractivity contribution in [1.29, 1.82) is 0 Å². The van der Waals surface area contributed by atoms with Crippen molar-refractivity contribution in [2.75, 3.05) is 24.0 Å². The zero-order valence-corrected chi connectivity index (χ0v) is 17.1. The predicted octanol–water partition coefficient (Wildman–Crippen LogP) is 3.36. The fraction of sp³-hybridized carbons (Fsp3) is 0.143. The van der Waals surface area contributed by atoms with Crippen molar-refractivity contribution in [2.45, 2.75) is 11.8 Å². The van der Waals surface area contributed by atoms with Gasteiger partial charge in [0, 0.05) is 19.8 Å². The molecule has 1 heterocycles. The summed E-state index contributed by atoms with van der Waals surface area (Å²) in [5.74, 6) is -0.310. The van der Waals surface area contributed by atoms with Gasteiger partial charge in [-0.3, -0.25) is 9.35 Å². The molecular formula is C21H21N3O4S. The summed E-state index contributed by atoms with van der Waals surface area (Å²) in [5.41, 5.74) is 3.52. The van der Waals surface area contributed by atoms with E-state index in [9.17, 15) is 13.2 Å².